The number of rotatable bonds is 9. The van der Waals surface area contributed by atoms with Crippen molar-refractivity contribution in [3.63, 3.8) is 0 Å². The molecule has 0 aliphatic carbocycles. The molecule has 5 aromatic rings. The molecule has 4 aromatic heterocycles. The van der Waals surface area contributed by atoms with Gasteiger partial charge in [-0.15, -0.1) is 5.10 Å². The molecule has 0 saturated carbocycles. The van der Waals surface area contributed by atoms with Gasteiger partial charge in [0, 0.05) is 49.3 Å². The average Bonchev–Trinajstić information content (AvgIpc) is 3.66. The molecule has 0 spiro atoms. The van der Waals surface area contributed by atoms with Crippen LogP contribution in [-0.2, 0) is 13.0 Å². The number of hydrogen-bond acceptors (Lipinski definition) is 7. The zero-order chi connectivity index (χ0) is 27.5. The summed E-state index contributed by atoms with van der Waals surface area (Å²) in [5.74, 6) is 0.158. The Labute approximate surface area is 230 Å². The van der Waals surface area contributed by atoms with Crippen molar-refractivity contribution in [3.05, 3.63) is 83.8 Å². The SMILES string of the molecule is CCCCCc1cnc(N2CCC(c3cnc(Cn4ccc5cc(-n6cnnn6)cc(F)c54)c(F)c3)CC2)nc1. The molecule has 1 aliphatic rings. The van der Waals surface area contributed by atoms with Crippen LogP contribution >= 0.6 is 0 Å². The van der Waals surface area contributed by atoms with E-state index in [0.29, 0.717) is 16.6 Å². The van der Waals surface area contributed by atoms with Gasteiger partial charge in [-0.2, -0.15) is 0 Å². The van der Waals surface area contributed by atoms with Gasteiger partial charge in [-0.05, 0) is 71.4 Å². The highest BCUT2D eigenvalue weighted by molar-refractivity contribution is 5.83. The van der Waals surface area contributed by atoms with Gasteiger partial charge in [0.05, 0.1) is 23.4 Å². The topological polar surface area (TPSA) is 90.4 Å². The van der Waals surface area contributed by atoms with Crippen molar-refractivity contribution < 1.29 is 8.78 Å². The Morgan fingerprint density at radius 2 is 1.77 bits per heavy atom. The average molecular weight is 544 g/mol. The third-order valence-electron chi connectivity index (χ3n) is 7.68. The molecule has 1 fully saturated rings. The molecular weight excluding hydrogens is 512 g/mol. The maximum atomic E-state index is 15.2. The molecular formula is C29H31F2N9. The van der Waals surface area contributed by atoms with Crippen LogP contribution in [0.3, 0.4) is 0 Å². The summed E-state index contributed by atoms with van der Waals surface area (Å²) in [6.07, 6.45) is 15.1. The van der Waals surface area contributed by atoms with Crippen LogP contribution in [0.1, 0.15) is 61.8 Å². The van der Waals surface area contributed by atoms with Crippen molar-refractivity contribution in [1.82, 2.24) is 39.7 Å². The minimum atomic E-state index is -0.438. The van der Waals surface area contributed by atoms with Crippen LogP contribution in [-0.4, -0.2) is 52.8 Å². The molecule has 0 unspecified atom stereocenters. The number of piperidine rings is 1. The number of nitrogens with zero attached hydrogens (tertiary/aromatic N) is 9. The number of halogens is 2. The molecule has 0 radical (unpaired) electrons. The maximum Gasteiger partial charge on any atom is 0.225 e. The Hall–Kier alpha value is -4.28. The van der Waals surface area contributed by atoms with Gasteiger partial charge in [0.15, 0.2) is 0 Å². The summed E-state index contributed by atoms with van der Waals surface area (Å²) < 4.78 is 33.3. The number of fused-ring (bicyclic) bond motifs is 1. The highest BCUT2D eigenvalue weighted by Crippen LogP contribution is 2.30. The van der Waals surface area contributed by atoms with Crippen molar-refractivity contribution in [2.45, 2.75) is 57.9 Å². The lowest BCUT2D eigenvalue weighted by molar-refractivity contribution is 0.492. The molecule has 0 amide bonds. The second-order valence-electron chi connectivity index (χ2n) is 10.4. The lowest BCUT2D eigenvalue weighted by atomic mass is 9.90. The van der Waals surface area contributed by atoms with Gasteiger partial charge in [0.2, 0.25) is 5.95 Å². The normalized spacial score (nSPS) is 14.3. The number of benzene rings is 1. The fourth-order valence-corrected chi connectivity index (χ4v) is 5.44. The van der Waals surface area contributed by atoms with E-state index in [4.69, 9.17) is 0 Å². The van der Waals surface area contributed by atoms with Crippen LogP contribution < -0.4 is 4.90 Å². The number of pyridine rings is 1. The standard InChI is InChI=1S/C29H31F2N9/c1-2-3-4-5-20-15-33-29(34-16-20)38-9-6-21(7-10-38)23-13-25(30)27(32-17-23)18-39-11-8-22-12-24(14-26(31)28(22)39)40-19-35-36-37-40/h8,11-17,19,21H,2-7,9-10,18H2,1H3. The summed E-state index contributed by atoms with van der Waals surface area (Å²) in [5.41, 5.74) is 3.24. The van der Waals surface area contributed by atoms with Crippen LogP contribution in [0.4, 0.5) is 14.7 Å². The van der Waals surface area contributed by atoms with Gasteiger partial charge < -0.3 is 9.47 Å². The van der Waals surface area contributed by atoms with Crippen molar-refractivity contribution in [2.75, 3.05) is 18.0 Å². The predicted octanol–water partition coefficient (Wildman–Crippen LogP) is 5.25. The summed E-state index contributed by atoms with van der Waals surface area (Å²) in [5, 5.41) is 11.7. The summed E-state index contributed by atoms with van der Waals surface area (Å²) in [6, 6.07) is 6.52. The first-order valence-corrected chi connectivity index (χ1v) is 13.8. The summed E-state index contributed by atoms with van der Waals surface area (Å²) >= 11 is 0. The number of unbranched alkanes of at least 4 members (excludes halogenated alkanes) is 2. The smallest absolute Gasteiger partial charge is 0.225 e. The van der Waals surface area contributed by atoms with Gasteiger partial charge in [0.1, 0.15) is 18.0 Å². The van der Waals surface area contributed by atoms with Crippen molar-refractivity contribution >= 4 is 16.9 Å². The van der Waals surface area contributed by atoms with Crippen molar-refractivity contribution in [3.8, 4) is 5.69 Å². The van der Waals surface area contributed by atoms with Gasteiger partial charge in [-0.1, -0.05) is 19.8 Å². The van der Waals surface area contributed by atoms with E-state index in [9.17, 15) is 0 Å². The van der Waals surface area contributed by atoms with E-state index < -0.39 is 5.82 Å². The Morgan fingerprint density at radius 3 is 2.50 bits per heavy atom. The minimum absolute atomic E-state index is 0.126. The van der Waals surface area contributed by atoms with Crippen LogP contribution in [0.5, 0.6) is 0 Å². The van der Waals surface area contributed by atoms with E-state index in [0.717, 1.165) is 50.3 Å². The molecule has 0 atom stereocenters. The quantitative estimate of drug-likeness (QED) is 0.235. The maximum absolute atomic E-state index is 15.2. The van der Waals surface area contributed by atoms with E-state index in [-0.39, 0.29) is 24.0 Å². The summed E-state index contributed by atoms with van der Waals surface area (Å²) in [4.78, 5) is 15.8. The third kappa shape index (κ3) is 5.41. The highest BCUT2D eigenvalue weighted by atomic mass is 19.1. The monoisotopic (exact) mass is 543 g/mol. The molecule has 0 N–H and O–H groups in total. The molecule has 0 bridgehead atoms. The van der Waals surface area contributed by atoms with E-state index in [1.165, 1.54) is 35.5 Å². The van der Waals surface area contributed by atoms with Gasteiger partial charge in [0.25, 0.3) is 0 Å². The molecule has 40 heavy (non-hydrogen) atoms. The predicted molar refractivity (Wildman–Crippen MR) is 147 cm³/mol. The largest absolute Gasteiger partial charge is 0.341 e. The van der Waals surface area contributed by atoms with Crippen LogP contribution in [0.2, 0.25) is 0 Å². The number of hydrogen-bond donors (Lipinski definition) is 0. The first-order valence-electron chi connectivity index (χ1n) is 13.8. The number of aromatic nitrogens is 8. The molecule has 9 nitrogen and oxygen atoms in total. The van der Waals surface area contributed by atoms with E-state index in [1.807, 2.05) is 12.4 Å². The van der Waals surface area contributed by atoms with Crippen LogP contribution in [0.15, 0.2) is 55.4 Å². The van der Waals surface area contributed by atoms with Gasteiger partial charge in [-0.3, -0.25) is 4.98 Å². The van der Waals surface area contributed by atoms with Crippen LogP contribution in [0.25, 0.3) is 16.6 Å². The van der Waals surface area contributed by atoms with E-state index in [1.54, 1.807) is 35.2 Å². The number of tetrazole rings is 1. The van der Waals surface area contributed by atoms with E-state index in [2.05, 4.69) is 42.3 Å². The Kier molecular flexibility index (Phi) is 7.43. The molecule has 1 saturated heterocycles. The van der Waals surface area contributed by atoms with E-state index >= 15 is 8.78 Å². The highest BCUT2D eigenvalue weighted by Gasteiger charge is 2.23. The number of anilines is 1. The Morgan fingerprint density at radius 1 is 0.950 bits per heavy atom. The summed E-state index contributed by atoms with van der Waals surface area (Å²) in [7, 11) is 0. The van der Waals surface area contributed by atoms with Gasteiger partial charge >= 0.3 is 0 Å². The summed E-state index contributed by atoms with van der Waals surface area (Å²) in [6.45, 7) is 3.95. The van der Waals surface area contributed by atoms with Gasteiger partial charge in [-0.25, -0.2) is 23.4 Å². The molecule has 206 valence electrons. The van der Waals surface area contributed by atoms with Crippen LogP contribution in [0, 0.1) is 11.6 Å². The minimum Gasteiger partial charge on any atom is -0.341 e. The Balaban J connectivity index is 1.10. The zero-order valence-electron chi connectivity index (χ0n) is 22.4. The third-order valence-corrected chi connectivity index (χ3v) is 7.68. The fourth-order valence-electron chi connectivity index (χ4n) is 5.44. The lowest BCUT2D eigenvalue weighted by Crippen LogP contribution is -2.34. The molecule has 11 heteroatoms. The second kappa shape index (κ2) is 11.4. The Bertz CT molecular complexity index is 1570. The molecule has 6 rings (SSSR count). The molecule has 5 heterocycles. The molecule has 1 aliphatic heterocycles. The lowest BCUT2D eigenvalue weighted by Gasteiger charge is -2.32. The first kappa shape index (κ1) is 26.0. The molecule has 1 aromatic carbocycles. The second-order valence-corrected chi connectivity index (χ2v) is 10.4. The number of aryl methyl sites for hydroxylation is 1. The van der Waals surface area contributed by atoms with Crippen molar-refractivity contribution in [2.24, 2.45) is 0 Å². The fraction of sp³-hybridized carbons (Fsp3) is 0.379. The van der Waals surface area contributed by atoms with Crippen molar-refractivity contribution in [1.29, 1.82) is 0 Å². The zero-order valence-corrected chi connectivity index (χ0v) is 22.4. The first-order chi connectivity index (χ1) is 19.6.